The molecule has 1 aliphatic heterocycles. The van der Waals surface area contributed by atoms with E-state index in [0.717, 1.165) is 17.8 Å². The summed E-state index contributed by atoms with van der Waals surface area (Å²) in [6, 6.07) is 7.82. The van der Waals surface area contributed by atoms with Crippen molar-refractivity contribution in [2.75, 3.05) is 5.01 Å². The normalized spacial score (nSPS) is 27.3. The predicted octanol–water partition coefficient (Wildman–Crippen LogP) is 2.88. The Balaban J connectivity index is 1.95. The summed E-state index contributed by atoms with van der Waals surface area (Å²) in [5.74, 6) is 0.332. The monoisotopic (exact) mass is 248 g/mol. The quantitative estimate of drug-likeness (QED) is 0.766. The van der Waals surface area contributed by atoms with E-state index >= 15 is 0 Å². The predicted molar refractivity (Wildman–Crippen MR) is 68.6 cm³/mol. The van der Waals surface area contributed by atoms with E-state index in [1.165, 1.54) is 0 Å². The van der Waals surface area contributed by atoms with Crippen LogP contribution in [0.5, 0.6) is 0 Å². The maximum Gasteiger partial charge on any atom is 0.143 e. The Bertz CT molecular complexity index is 495. The first kappa shape index (κ1) is 10.8. The number of anilines is 1. The summed E-state index contributed by atoms with van der Waals surface area (Å²) in [6.45, 7) is 1.94. The SMILES string of the molecule is CC1=NN(c2ccc(Cl)cc2)C2CCC(=O)C12. The van der Waals surface area contributed by atoms with Gasteiger partial charge in [-0.3, -0.25) is 9.80 Å². The Kier molecular flexibility index (Phi) is 2.44. The molecule has 1 aromatic rings. The number of hydrogen-bond donors (Lipinski definition) is 0. The topological polar surface area (TPSA) is 32.7 Å². The number of carbonyl (C=O) groups excluding carboxylic acids is 1. The fourth-order valence-corrected chi connectivity index (χ4v) is 2.88. The summed E-state index contributed by atoms with van der Waals surface area (Å²) in [4.78, 5) is 11.8. The number of benzene rings is 1. The van der Waals surface area contributed by atoms with Crippen LogP contribution in [-0.4, -0.2) is 17.5 Å². The van der Waals surface area contributed by atoms with E-state index in [1.54, 1.807) is 0 Å². The molecular weight excluding hydrogens is 236 g/mol. The smallest absolute Gasteiger partial charge is 0.143 e. The molecule has 1 aliphatic carbocycles. The number of fused-ring (bicyclic) bond motifs is 1. The van der Waals surface area contributed by atoms with Crippen LogP contribution in [0.25, 0.3) is 0 Å². The van der Waals surface area contributed by atoms with E-state index in [-0.39, 0.29) is 12.0 Å². The maximum atomic E-state index is 11.8. The van der Waals surface area contributed by atoms with Crippen molar-refractivity contribution in [2.24, 2.45) is 11.0 Å². The van der Waals surface area contributed by atoms with Crippen LogP contribution in [0.15, 0.2) is 29.4 Å². The third-order valence-electron chi connectivity index (χ3n) is 3.54. The van der Waals surface area contributed by atoms with Gasteiger partial charge in [-0.15, -0.1) is 0 Å². The number of halogens is 1. The molecule has 0 spiro atoms. The van der Waals surface area contributed by atoms with Gasteiger partial charge in [0, 0.05) is 17.2 Å². The lowest BCUT2D eigenvalue weighted by atomic mass is 9.99. The molecule has 0 aromatic heterocycles. The van der Waals surface area contributed by atoms with Crippen molar-refractivity contribution in [1.82, 2.24) is 0 Å². The Morgan fingerprint density at radius 3 is 2.76 bits per heavy atom. The zero-order valence-electron chi connectivity index (χ0n) is 9.56. The molecule has 0 saturated heterocycles. The fourth-order valence-electron chi connectivity index (χ4n) is 2.75. The minimum absolute atomic E-state index is 0.00526. The van der Waals surface area contributed by atoms with Gasteiger partial charge in [-0.2, -0.15) is 5.10 Å². The van der Waals surface area contributed by atoms with Crippen LogP contribution < -0.4 is 5.01 Å². The number of hydrazone groups is 1. The van der Waals surface area contributed by atoms with E-state index in [9.17, 15) is 4.79 Å². The second-order valence-corrected chi connectivity index (χ2v) is 5.05. The van der Waals surface area contributed by atoms with Crippen molar-refractivity contribution < 1.29 is 4.79 Å². The summed E-state index contributed by atoms with van der Waals surface area (Å²) in [5, 5.41) is 7.20. The van der Waals surface area contributed by atoms with Gasteiger partial charge in [0.15, 0.2) is 0 Å². The Labute approximate surface area is 105 Å². The highest BCUT2D eigenvalue weighted by Crippen LogP contribution is 2.37. The van der Waals surface area contributed by atoms with Gasteiger partial charge in [0.1, 0.15) is 5.78 Å². The standard InChI is InChI=1S/C13H13ClN2O/c1-8-13-11(6-7-12(13)17)16(15-8)10-4-2-9(14)3-5-10/h2-5,11,13H,6-7H2,1H3. The van der Waals surface area contributed by atoms with Crippen molar-refractivity contribution in [3.8, 4) is 0 Å². The molecule has 1 saturated carbocycles. The zero-order valence-corrected chi connectivity index (χ0v) is 10.3. The first-order valence-corrected chi connectivity index (χ1v) is 6.17. The number of Topliss-reactive ketones (excluding diaryl/α,β-unsaturated/α-hetero) is 1. The van der Waals surface area contributed by atoms with E-state index < -0.39 is 0 Å². The molecular formula is C13H13ClN2O. The van der Waals surface area contributed by atoms with Crippen molar-refractivity contribution in [1.29, 1.82) is 0 Å². The van der Waals surface area contributed by atoms with Gasteiger partial charge < -0.3 is 0 Å². The second kappa shape index (κ2) is 3.84. The average molecular weight is 249 g/mol. The number of carbonyl (C=O) groups is 1. The third kappa shape index (κ3) is 1.65. The molecule has 17 heavy (non-hydrogen) atoms. The van der Waals surface area contributed by atoms with Crippen LogP contribution in [0, 0.1) is 5.92 Å². The van der Waals surface area contributed by atoms with Crippen LogP contribution in [-0.2, 0) is 4.79 Å². The van der Waals surface area contributed by atoms with Gasteiger partial charge in [0.25, 0.3) is 0 Å². The Morgan fingerprint density at radius 2 is 2.06 bits per heavy atom. The molecule has 3 nitrogen and oxygen atoms in total. The average Bonchev–Trinajstić information content (AvgIpc) is 2.83. The van der Waals surface area contributed by atoms with E-state index in [4.69, 9.17) is 11.6 Å². The Morgan fingerprint density at radius 1 is 1.35 bits per heavy atom. The molecule has 88 valence electrons. The fraction of sp³-hybridized carbons (Fsp3) is 0.385. The van der Waals surface area contributed by atoms with Gasteiger partial charge in [0.05, 0.1) is 17.6 Å². The van der Waals surface area contributed by atoms with Crippen molar-refractivity contribution in [3.63, 3.8) is 0 Å². The molecule has 0 bridgehead atoms. The number of ketones is 1. The maximum absolute atomic E-state index is 11.8. The lowest BCUT2D eigenvalue weighted by molar-refractivity contribution is -0.119. The minimum atomic E-state index is 0.00526. The van der Waals surface area contributed by atoms with E-state index in [2.05, 4.69) is 5.10 Å². The number of nitrogens with zero attached hydrogens (tertiary/aromatic N) is 2. The van der Waals surface area contributed by atoms with Crippen LogP contribution >= 0.6 is 11.6 Å². The van der Waals surface area contributed by atoms with Gasteiger partial charge in [-0.25, -0.2) is 0 Å². The molecule has 0 amide bonds. The highest BCUT2D eigenvalue weighted by atomic mass is 35.5. The molecule has 1 aromatic carbocycles. The molecule has 2 unspecified atom stereocenters. The summed E-state index contributed by atoms with van der Waals surface area (Å²) >= 11 is 5.87. The van der Waals surface area contributed by atoms with Crippen LogP contribution in [0.1, 0.15) is 19.8 Å². The van der Waals surface area contributed by atoms with Crippen molar-refractivity contribution in [3.05, 3.63) is 29.3 Å². The zero-order chi connectivity index (χ0) is 12.0. The summed E-state index contributed by atoms with van der Waals surface area (Å²) in [5.41, 5.74) is 1.95. The van der Waals surface area contributed by atoms with Gasteiger partial charge in [0.2, 0.25) is 0 Å². The highest BCUT2D eigenvalue weighted by molar-refractivity contribution is 6.30. The molecule has 2 atom stereocenters. The molecule has 4 heteroatoms. The van der Waals surface area contributed by atoms with Gasteiger partial charge >= 0.3 is 0 Å². The first-order valence-electron chi connectivity index (χ1n) is 5.79. The minimum Gasteiger partial charge on any atom is -0.299 e. The second-order valence-electron chi connectivity index (χ2n) is 4.61. The summed E-state index contributed by atoms with van der Waals surface area (Å²) in [7, 11) is 0. The van der Waals surface area contributed by atoms with Gasteiger partial charge in [-0.1, -0.05) is 11.6 Å². The lowest BCUT2D eigenvalue weighted by Crippen LogP contribution is -2.30. The summed E-state index contributed by atoms with van der Waals surface area (Å²) in [6.07, 6.45) is 1.57. The molecule has 1 heterocycles. The van der Waals surface area contributed by atoms with Crippen LogP contribution in [0.3, 0.4) is 0 Å². The van der Waals surface area contributed by atoms with E-state index in [0.29, 0.717) is 17.2 Å². The van der Waals surface area contributed by atoms with Crippen molar-refractivity contribution >= 4 is 28.8 Å². The Hall–Kier alpha value is -1.35. The molecule has 0 radical (unpaired) electrons. The highest BCUT2D eigenvalue weighted by Gasteiger charge is 2.44. The number of hydrogen-bond acceptors (Lipinski definition) is 3. The van der Waals surface area contributed by atoms with Crippen molar-refractivity contribution in [2.45, 2.75) is 25.8 Å². The van der Waals surface area contributed by atoms with Gasteiger partial charge in [-0.05, 0) is 37.6 Å². The number of rotatable bonds is 1. The summed E-state index contributed by atoms with van der Waals surface area (Å²) < 4.78 is 0. The van der Waals surface area contributed by atoms with Crippen LogP contribution in [0.4, 0.5) is 5.69 Å². The van der Waals surface area contributed by atoms with Crippen LogP contribution in [0.2, 0.25) is 5.02 Å². The molecule has 2 aliphatic rings. The molecule has 1 fully saturated rings. The molecule has 0 N–H and O–H groups in total. The third-order valence-corrected chi connectivity index (χ3v) is 3.79. The first-order chi connectivity index (χ1) is 8.16. The van der Waals surface area contributed by atoms with E-state index in [1.807, 2.05) is 36.2 Å². The lowest BCUT2D eigenvalue weighted by Gasteiger charge is -2.22. The molecule has 3 rings (SSSR count). The largest absolute Gasteiger partial charge is 0.299 e.